The van der Waals surface area contributed by atoms with E-state index in [9.17, 15) is 14.4 Å². The second-order valence-electron chi connectivity index (χ2n) is 2.50. The summed E-state index contributed by atoms with van der Waals surface area (Å²) in [4.78, 5) is 28.7. The summed E-state index contributed by atoms with van der Waals surface area (Å²) in [5, 5.41) is 23.5. The zero-order valence-electron chi connectivity index (χ0n) is 10.1. The van der Waals surface area contributed by atoms with Gasteiger partial charge in [-0.1, -0.05) is 13.2 Å². The number of rotatable bonds is 4. The maximum Gasteiger partial charge on any atom is 0.330 e. The van der Waals surface area contributed by atoms with Crippen LogP contribution >= 0.6 is 0 Å². The first-order valence-electron chi connectivity index (χ1n) is 4.35. The average molecular weight is 260 g/mol. The summed E-state index contributed by atoms with van der Waals surface area (Å²) in [7, 11) is 1.56. The third-order valence-corrected chi connectivity index (χ3v) is 0.900. The summed E-state index contributed by atoms with van der Waals surface area (Å²) >= 11 is 0. The second-order valence-corrected chi connectivity index (χ2v) is 2.50. The molecule has 7 nitrogen and oxygen atoms in total. The van der Waals surface area contributed by atoms with E-state index in [1.165, 1.54) is 13.2 Å². The fourth-order valence-corrected chi connectivity index (χ4v) is 0.143. The molecule has 0 heterocycles. The molecule has 0 aliphatic rings. The van der Waals surface area contributed by atoms with Gasteiger partial charge in [0.2, 0.25) is 0 Å². The van der Waals surface area contributed by atoms with Gasteiger partial charge in [-0.15, -0.1) is 0 Å². The largest absolute Gasteiger partial charge is 0.505 e. The third kappa shape index (κ3) is 37.6. The van der Waals surface area contributed by atoms with Gasteiger partial charge in [0.25, 0.3) is 0 Å². The molecule has 0 saturated carbocycles. The van der Waals surface area contributed by atoms with E-state index in [0.717, 1.165) is 0 Å². The molecule has 0 bridgehead atoms. The van der Waals surface area contributed by atoms with Crippen LogP contribution in [0.4, 0.5) is 0 Å². The third-order valence-electron chi connectivity index (χ3n) is 0.900. The van der Waals surface area contributed by atoms with E-state index in [0.29, 0.717) is 12.2 Å². The van der Waals surface area contributed by atoms with Crippen molar-refractivity contribution in [3.05, 3.63) is 37.1 Å². The molecular formula is C11H16O7. The molecule has 0 unspecified atom stereocenters. The van der Waals surface area contributed by atoms with Crippen LogP contribution < -0.4 is 0 Å². The molecule has 0 radical (unpaired) electrons. The molecule has 3 N–H and O–H groups in total. The van der Waals surface area contributed by atoms with Gasteiger partial charge in [-0.05, 0) is 6.92 Å². The normalized spacial score (nSPS) is 7.89. The zero-order chi connectivity index (χ0) is 15.1. The van der Waals surface area contributed by atoms with Gasteiger partial charge in [0, 0.05) is 17.7 Å². The molecular weight excluding hydrogens is 244 g/mol. The van der Waals surface area contributed by atoms with E-state index in [-0.39, 0.29) is 5.57 Å². The van der Waals surface area contributed by atoms with Gasteiger partial charge in [-0.25, -0.2) is 14.4 Å². The Balaban J connectivity index is -0.000000200. The molecule has 18 heavy (non-hydrogen) atoms. The molecule has 102 valence electrons. The van der Waals surface area contributed by atoms with Crippen LogP contribution in [-0.4, -0.2) is 40.3 Å². The fraction of sp³-hybridized carbons (Fsp3) is 0.182. The molecule has 0 aliphatic heterocycles. The van der Waals surface area contributed by atoms with Crippen molar-refractivity contribution in [2.45, 2.75) is 6.92 Å². The smallest absolute Gasteiger partial charge is 0.330 e. The lowest BCUT2D eigenvalue weighted by Crippen LogP contribution is -1.92. The van der Waals surface area contributed by atoms with Crippen LogP contribution in [0, 0.1) is 0 Å². The van der Waals surface area contributed by atoms with Crippen LogP contribution in [0.15, 0.2) is 37.1 Å². The summed E-state index contributed by atoms with van der Waals surface area (Å²) in [6, 6.07) is 0. The van der Waals surface area contributed by atoms with Crippen molar-refractivity contribution in [3.63, 3.8) is 0 Å². The molecule has 7 heteroatoms. The highest BCUT2D eigenvalue weighted by Gasteiger charge is 1.90. The molecule has 0 amide bonds. The lowest BCUT2D eigenvalue weighted by molar-refractivity contribution is -0.134. The molecule has 0 aromatic carbocycles. The molecule has 0 atom stereocenters. The summed E-state index contributed by atoms with van der Waals surface area (Å²) in [5.74, 6) is -3.45. The number of carboxylic acid groups (broad SMARTS) is 3. The Morgan fingerprint density at radius 2 is 1.28 bits per heavy atom. The number of aliphatic carboxylic acids is 3. The highest BCUT2D eigenvalue weighted by Crippen LogP contribution is 1.81. The van der Waals surface area contributed by atoms with Crippen LogP contribution in [0.5, 0.6) is 0 Å². The number of hydrogen-bond acceptors (Lipinski definition) is 4. The van der Waals surface area contributed by atoms with Crippen LogP contribution in [0.2, 0.25) is 0 Å². The minimum Gasteiger partial charge on any atom is -0.505 e. The maximum absolute atomic E-state index is 9.60. The van der Waals surface area contributed by atoms with Crippen molar-refractivity contribution in [2.75, 3.05) is 7.11 Å². The van der Waals surface area contributed by atoms with Gasteiger partial charge >= 0.3 is 17.9 Å². The Kier molecular flexibility index (Phi) is 16.7. The first-order chi connectivity index (χ1) is 8.18. The molecule has 0 saturated heterocycles. The quantitative estimate of drug-likeness (QED) is 0.511. The van der Waals surface area contributed by atoms with Gasteiger partial charge in [0.1, 0.15) is 0 Å². The van der Waals surface area contributed by atoms with Gasteiger partial charge in [0.05, 0.1) is 13.4 Å². The summed E-state index contributed by atoms with van der Waals surface area (Å²) < 4.78 is 4.31. The topological polar surface area (TPSA) is 121 Å². The van der Waals surface area contributed by atoms with Crippen molar-refractivity contribution < 1.29 is 34.4 Å². The minimum absolute atomic E-state index is 0.176. The van der Waals surface area contributed by atoms with Crippen LogP contribution in [0.3, 0.4) is 0 Å². The SMILES string of the molecule is C=C(C)C(=O)O.C=COC.O=C(O)/C=C\C(=O)O. The number of hydrogen-bond donors (Lipinski definition) is 3. The van der Waals surface area contributed by atoms with Crippen molar-refractivity contribution >= 4 is 17.9 Å². The molecule has 0 aromatic rings. The Morgan fingerprint density at radius 1 is 1.06 bits per heavy atom. The summed E-state index contributed by atoms with van der Waals surface area (Å²) in [6.07, 6.45) is 2.49. The van der Waals surface area contributed by atoms with Crippen LogP contribution in [-0.2, 0) is 19.1 Å². The Labute approximate surface area is 104 Å². The fourth-order valence-electron chi connectivity index (χ4n) is 0.143. The van der Waals surface area contributed by atoms with Crippen LogP contribution in [0.25, 0.3) is 0 Å². The highest BCUT2D eigenvalue weighted by molar-refractivity contribution is 5.89. The second kappa shape index (κ2) is 14.4. The van der Waals surface area contributed by atoms with Gasteiger partial charge < -0.3 is 20.1 Å². The first kappa shape index (κ1) is 20.8. The number of methoxy groups -OCH3 is 1. The molecule has 0 spiro atoms. The predicted octanol–water partition coefficient (Wildman–Crippen LogP) is 1.14. The van der Waals surface area contributed by atoms with E-state index in [1.807, 2.05) is 0 Å². The lowest BCUT2D eigenvalue weighted by atomic mass is 10.4. The van der Waals surface area contributed by atoms with Crippen molar-refractivity contribution in [3.8, 4) is 0 Å². The van der Waals surface area contributed by atoms with Gasteiger partial charge in [-0.2, -0.15) is 0 Å². The number of ether oxygens (including phenoxy) is 1. The highest BCUT2D eigenvalue weighted by atomic mass is 16.5. The van der Waals surface area contributed by atoms with E-state index in [4.69, 9.17) is 15.3 Å². The Hall–Kier alpha value is -2.57. The Morgan fingerprint density at radius 3 is 1.33 bits per heavy atom. The molecule has 0 aromatic heterocycles. The number of carboxylic acids is 3. The number of carbonyl (C=O) groups is 3. The van der Waals surface area contributed by atoms with E-state index in [1.54, 1.807) is 7.11 Å². The lowest BCUT2D eigenvalue weighted by Gasteiger charge is -1.79. The molecule has 0 fully saturated rings. The van der Waals surface area contributed by atoms with Crippen LogP contribution in [0.1, 0.15) is 6.92 Å². The van der Waals surface area contributed by atoms with Crippen molar-refractivity contribution in [1.82, 2.24) is 0 Å². The maximum atomic E-state index is 9.60. The monoisotopic (exact) mass is 260 g/mol. The van der Waals surface area contributed by atoms with Gasteiger partial charge in [0.15, 0.2) is 0 Å². The summed E-state index contributed by atoms with van der Waals surface area (Å²) in [6.45, 7) is 7.86. The van der Waals surface area contributed by atoms with E-state index < -0.39 is 17.9 Å². The van der Waals surface area contributed by atoms with Crippen molar-refractivity contribution in [2.24, 2.45) is 0 Å². The predicted molar refractivity (Wildman–Crippen MR) is 64.1 cm³/mol. The van der Waals surface area contributed by atoms with Gasteiger partial charge in [-0.3, -0.25) is 0 Å². The zero-order valence-corrected chi connectivity index (χ0v) is 10.1. The average Bonchev–Trinajstić information content (AvgIpc) is 2.27. The Bertz CT molecular complexity index is 300. The minimum atomic E-state index is -1.26. The van der Waals surface area contributed by atoms with E-state index >= 15 is 0 Å². The summed E-state index contributed by atoms with van der Waals surface area (Å²) in [5.41, 5.74) is 0.176. The first-order valence-corrected chi connectivity index (χ1v) is 4.35. The molecule has 0 aliphatic carbocycles. The van der Waals surface area contributed by atoms with E-state index in [2.05, 4.69) is 17.9 Å². The van der Waals surface area contributed by atoms with Crippen molar-refractivity contribution in [1.29, 1.82) is 0 Å². The molecule has 0 rings (SSSR count). The standard InChI is InChI=1S/C4H4O4.C4H6O2.C3H6O/c5-3(6)1-2-4(7)8;1-3(2)4(5)6;1-3-4-2/h1-2H,(H,5,6)(H,7,8);1H2,2H3,(H,5,6);3H,1H2,2H3/b2-1-;;.